The van der Waals surface area contributed by atoms with Gasteiger partial charge in [0.1, 0.15) is 22.8 Å². The average Bonchev–Trinajstić information content (AvgIpc) is 3.70. The number of ether oxygens (including phenoxy) is 2. The number of pyridine rings is 1. The van der Waals surface area contributed by atoms with E-state index in [9.17, 15) is 5.11 Å². The Labute approximate surface area is 237 Å². The van der Waals surface area contributed by atoms with E-state index >= 15 is 4.39 Å². The lowest BCUT2D eigenvalue weighted by molar-refractivity contribution is 0.0287. The van der Waals surface area contributed by atoms with E-state index in [2.05, 4.69) is 25.1 Å². The van der Waals surface area contributed by atoms with Crippen molar-refractivity contribution in [3.63, 3.8) is 0 Å². The molecule has 8 rings (SSSR count). The van der Waals surface area contributed by atoms with Gasteiger partial charge in [-0.2, -0.15) is 9.97 Å². The summed E-state index contributed by atoms with van der Waals surface area (Å²) in [6.07, 6.45) is 6.23. The van der Waals surface area contributed by atoms with Crippen molar-refractivity contribution in [3.05, 3.63) is 48.4 Å². The normalized spacial score (nSPS) is 25.5. The molecule has 41 heavy (non-hydrogen) atoms. The first-order valence-electron chi connectivity index (χ1n) is 14.7. The van der Waals surface area contributed by atoms with Gasteiger partial charge in [-0.1, -0.05) is 24.3 Å². The van der Waals surface area contributed by atoms with E-state index in [1.54, 1.807) is 18.3 Å². The Bertz CT molecular complexity index is 1620. The van der Waals surface area contributed by atoms with Crippen LogP contribution in [0.15, 0.2) is 42.6 Å². The zero-order valence-corrected chi connectivity index (χ0v) is 22.8. The highest BCUT2D eigenvalue weighted by Gasteiger charge is 2.38. The quantitative estimate of drug-likeness (QED) is 0.329. The lowest BCUT2D eigenvalue weighted by Crippen LogP contribution is -2.51. The number of benzene rings is 2. The predicted molar refractivity (Wildman–Crippen MR) is 154 cm³/mol. The topological polar surface area (TPSA) is 95.9 Å². The summed E-state index contributed by atoms with van der Waals surface area (Å²) in [4.78, 5) is 18.7. The summed E-state index contributed by atoms with van der Waals surface area (Å²) in [6, 6.07) is 12.3. The fourth-order valence-corrected chi connectivity index (χ4v) is 7.16. The molecule has 9 nitrogen and oxygen atoms in total. The predicted octanol–water partition coefficient (Wildman–Crippen LogP) is 3.87. The van der Waals surface area contributed by atoms with Gasteiger partial charge in [0.05, 0.1) is 24.7 Å². The molecule has 0 radical (unpaired) electrons. The number of anilines is 1. The van der Waals surface area contributed by atoms with E-state index in [-0.39, 0.29) is 23.0 Å². The van der Waals surface area contributed by atoms with E-state index in [0.29, 0.717) is 47.6 Å². The van der Waals surface area contributed by atoms with E-state index in [4.69, 9.17) is 14.5 Å². The number of phenols is 1. The number of morpholine rings is 1. The van der Waals surface area contributed by atoms with Gasteiger partial charge in [0, 0.05) is 56.1 Å². The number of aromatic nitrogens is 3. The van der Waals surface area contributed by atoms with Gasteiger partial charge in [-0.25, -0.2) is 4.39 Å². The van der Waals surface area contributed by atoms with Gasteiger partial charge in [0.2, 0.25) is 0 Å². The third-order valence-electron chi connectivity index (χ3n) is 9.10. The summed E-state index contributed by atoms with van der Waals surface area (Å²) in [7, 11) is 0. The molecule has 4 bridgehead atoms. The van der Waals surface area contributed by atoms with Crippen LogP contribution in [-0.4, -0.2) is 88.6 Å². The SMILES string of the molecule is Oc1cc(-c2ncc3c(N4CC5CCC(C4)N5)nc(OCCCN4C[C@@H]5C[C@H]4CO5)nc3c2F)c2ccccc2c1. The van der Waals surface area contributed by atoms with E-state index in [1.807, 2.05) is 24.3 Å². The number of phenolic OH excluding ortho intramolecular Hbond substituents is 1. The average molecular weight is 557 g/mol. The van der Waals surface area contributed by atoms with E-state index in [1.165, 1.54) is 0 Å². The minimum absolute atomic E-state index is 0.0569. The largest absolute Gasteiger partial charge is 0.508 e. The monoisotopic (exact) mass is 556 g/mol. The highest BCUT2D eigenvalue weighted by atomic mass is 19.1. The van der Waals surface area contributed by atoms with Crippen molar-refractivity contribution in [1.82, 2.24) is 25.2 Å². The first-order chi connectivity index (χ1) is 20.1. The summed E-state index contributed by atoms with van der Waals surface area (Å²) < 4.78 is 28.3. The summed E-state index contributed by atoms with van der Waals surface area (Å²) in [5, 5.41) is 16.2. The van der Waals surface area contributed by atoms with Gasteiger partial charge in [0.15, 0.2) is 5.82 Å². The summed E-state index contributed by atoms with van der Waals surface area (Å²) in [5.41, 5.74) is 0.848. The molecule has 2 aromatic heterocycles. The Morgan fingerprint density at radius 3 is 2.73 bits per heavy atom. The Hall–Kier alpha value is -3.60. The number of aromatic hydroxyl groups is 1. The van der Waals surface area contributed by atoms with Crippen molar-refractivity contribution >= 4 is 27.5 Å². The number of fused-ring (bicyclic) bond motifs is 6. The van der Waals surface area contributed by atoms with E-state index < -0.39 is 5.82 Å². The lowest BCUT2D eigenvalue weighted by Gasteiger charge is -2.34. The summed E-state index contributed by atoms with van der Waals surface area (Å²) in [6.45, 7) is 4.77. The molecule has 6 heterocycles. The molecule has 4 atom stereocenters. The summed E-state index contributed by atoms with van der Waals surface area (Å²) >= 11 is 0. The maximum absolute atomic E-state index is 16.4. The molecule has 4 aliphatic heterocycles. The highest BCUT2D eigenvalue weighted by Crippen LogP contribution is 2.37. The van der Waals surface area contributed by atoms with Crippen LogP contribution < -0.4 is 15.0 Å². The number of hydrogen-bond acceptors (Lipinski definition) is 9. The van der Waals surface area contributed by atoms with Crippen molar-refractivity contribution in [2.75, 3.05) is 44.3 Å². The maximum Gasteiger partial charge on any atom is 0.319 e. The van der Waals surface area contributed by atoms with Gasteiger partial charge in [-0.05, 0) is 48.6 Å². The van der Waals surface area contributed by atoms with Crippen molar-refractivity contribution in [2.24, 2.45) is 0 Å². The Kier molecular flexibility index (Phi) is 6.16. The minimum atomic E-state index is -0.544. The first kappa shape index (κ1) is 25.1. The van der Waals surface area contributed by atoms with Crippen LogP contribution in [0.25, 0.3) is 32.9 Å². The fraction of sp³-hybridized carbons (Fsp3) is 0.452. The number of rotatable bonds is 7. The molecule has 4 aliphatic rings. The number of nitrogens with zero attached hydrogens (tertiary/aromatic N) is 5. The molecule has 2 N–H and O–H groups in total. The van der Waals surface area contributed by atoms with Crippen LogP contribution in [0.2, 0.25) is 0 Å². The second kappa shape index (κ2) is 10.0. The third-order valence-corrected chi connectivity index (χ3v) is 9.10. The van der Waals surface area contributed by atoms with Crippen LogP contribution >= 0.6 is 0 Å². The van der Waals surface area contributed by atoms with Crippen LogP contribution in [-0.2, 0) is 4.74 Å². The number of halogens is 1. The zero-order chi connectivity index (χ0) is 27.5. The molecule has 10 heteroatoms. The summed E-state index contributed by atoms with van der Waals surface area (Å²) in [5.74, 6) is 0.176. The van der Waals surface area contributed by atoms with Crippen molar-refractivity contribution < 1.29 is 19.0 Å². The molecule has 4 saturated heterocycles. The minimum Gasteiger partial charge on any atom is -0.508 e. The lowest BCUT2D eigenvalue weighted by atomic mass is 10.0. The molecule has 0 spiro atoms. The molecular weight excluding hydrogens is 523 g/mol. The Morgan fingerprint density at radius 1 is 1.07 bits per heavy atom. The van der Waals surface area contributed by atoms with Crippen LogP contribution in [0.5, 0.6) is 11.8 Å². The van der Waals surface area contributed by atoms with Crippen LogP contribution in [0, 0.1) is 5.82 Å². The Morgan fingerprint density at radius 2 is 1.93 bits per heavy atom. The molecule has 212 valence electrons. The molecule has 0 saturated carbocycles. The van der Waals surface area contributed by atoms with Crippen LogP contribution in [0.1, 0.15) is 25.7 Å². The number of likely N-dealkylation sites (tertiary alicyclic amines) is 1. The third kappa shape index (κ3) is 4.54. The smallest absolute Gasteiger partial charge is 0.319 e. The van der Waals surface area contributed by atoms with Gasteiger partial charge in [0.25, 0.3) is 0 Å². The standard InChI is InChI=1S/C31H33FN6O3/c32-27-28(25-12-22(39)10-18-4-1-2-5-24(18)25)33-13-26-29(27)35-31(36-30(26)38-14-19-6-7-20(15-38)34-19)40-9-3-8-37-16-23-11-21(37)17-41-23/h1-2,4-5,10,12-13,19-21,23,34,39H,3,6-9,11,14-17H2/t19?,20?,21-,23-/m0/s1. The Balaban J connectivity index is 1.15. The number of nitrogens with one attached hydrogen (secondary N) is 1. The molecular formula is C31H33FN6O3. The van der Waals surface area contributed by atoms with Gasteiger partial charge in [-0.15, -0.1) is 0 Å². The van der Waals surface area contributed by atoms with Crippen LogP contribution in [0.4, 0.5) is 10.2 Å². The van der Waals surface area contributed by atoms with Gasteiger partial charge in [-0.3, -0.25) is 9.88 Å². The zero-order valence-electron chi connectivity index (χ0n) is 22.8. The molecule has 0 amide bonds. The van der Waals surface area contributed by atoms with Crippen molar-refractivity contribution in [2.45, 2.75) is 49.9 Å². The van der Waals surface area contributed by atoms with Gasteiger partial charge >= 0.3 is 6.01 Å². The van der Waals surface area contributed by atoms with Crippen LogP contribution in [0.3, 0.4) is 0 Å². The number of piperazine rings is 1. The molecule has 4 fully saturated rings. The second-order valence-electron chi connectivity index (χ2n) is 11.8. The molecule has 4 aromatic rings. The highest BCUT2D eigenvalue weighted by molar-refractivity contribution is 5.99. The first-order valence-corrected chi connectivity index (χ1v) is 14.7. The second-order valence-corrected chi connectivity index (χ2v) is 11.8. The number of hydrogen-bond donors (Lipinski definition) is 2. The molecule has 2 unspecified atom stereocenters. The maximum atomic E-state index is 16.4. The van der Waals surface area contributed by atoms with Crippen molar-refractivity contribution in [1.29, 1.82) is 0 Å². The van der Waals surface area contributed by atoms with Gasteiger partial charge < -0.3 is 24.8 Å². The van der Waals surface area contributed by atoms with E-state index in [0.717, 1.165) is 69.2 Å². The van der Waals surface area contributed by atoms with Crippen molar-refractivity contribution in [3.8, 4) is 23.0 Å². The molecule has 0 aliphatic carbocycles. The fourth-order valence-electron chi connectivity index (χ4n) is 7.16. The molecule has 2 aromatic carbocycles.